The van der Waals surface area contributed by atoms with Gasteiger partial charge in [0.05, 0.1) is 28.9 Å². The number of nitrogens with one attached hydrogen (secondary N) is 1. The van der Waals surface area contributed by atoms with Gasteiger partial charge in [-0.05, 0) is 45.0 Å². The number of carboxylic acids is 1. The first-order valence-corrected chi connectivity index (χ1v) is 16.3. The van der Waals surface area contributed by atoms with Crippen molar-refractivity contribution in [3.05, 3.63) is 46.7 Å². The molecular weight excluding hydrogens is 684 g/mol. The summed E-state index contributed by atoms with van der Waals surface area (Å²) in [5, 5.41) is 17.9. The zero-order valence-corrected chi connectivity index (χ0v) is 27.6. The predicted molar refractivity (Wildman–Crippen MR) is 166 cm³/mol. The molecule has 1 aliphatic rings. The molecule has 4 rings (SSSR count). The minimum absolute atomic E-state index is 0.0487. The summed E-state index contributed by atoms with van der Waals surface area (Å²) in [7, 11) is -3.13. The van der Waals surface area contributed by atoms with E-state index in [0.29, 0.717) is 16.6 Å². The highest BCUT2D eigenvalue weighted by molar-refractivity contribution is 7.80. The molecule has 3 heterocycles. The minimum atomic E-state index is -5.02. The lowest BCUT2D eigenvalue weighted by molar-refractivity contribution is -0.753. The first kappa shape index (κ1) is 35.5. The Morgan fingerprint density at radius 2 is 2.06 bits per heavy atom. The van der Waals surface area contributed by atoms with Gasteiger partial charge in [0.25, 0.3) is 17.9 Å². The second-order valence-corrected chi connectivity index (χ2v) is 13.0. The molecule has 7 N–H and O–H groups in total. The maximum atomic E-state index is 13.2. The van der Waals surface area contributed by atoms with E-state index >= 15 is 0 Å². The van der Waals surface area contributed by atoms with Gasteiger partial charge in [0, 0.05) is 10.9 Å². The number of nitrogens with zero attached hydrogens (tertiary/aromatic N) is 5. The van der Waals surface area contributed by atoms with Crippen LogP contribution in [0.15, 0.2) is 41.1 Å². The maximum absolute atomic E-state index is 13.2. The monoisotopic (exact) mass is 715 g/mol. The van der Waals surface area contributed by atoms with Crippen LogP contribution < -0.4 is 26.2 Å². The third-order valence-corrected chi connectivity index (χ3v) is 8.24. The Morgan fingerprint density at radius 3 is 2.64 bits per heavy atom. The van der Waals surface area contributed by atoms with E-state index in [1.807, 2.05) is 28.8 Å². The Kier molecular flexibility index (Phi) is 10.7. The van der Waals surface area contributed by atoms with Gasteiger partial charge < -0.3 is 31.5 Å². The molecule has 2 atom stereocenters. The second kappa shape index (κ2) is 14.2. The summed E-state index contributed by atoms with van der Waals surface area (Å²) in [6.45, 7) is 3.44. The lowest BCUT2D eigenvalue weighted by atomic mass is 9.84. The fourth-order valence-electron chi connectivity index (χ4n) is 4.45. The highest BCUT2D eigenvalue weighted by Gasteiger charge is 2.58. The molecule has 254 valence electrons. The summed E-state index contributed by atoms with van der Waals surface area (Å²) >= 11 is 7.47. The molecule has 0 spiro atoms. The molecule has 3 aromatic rings. The standard InChI is InChI=1S/C26H31ClN8O10S2/c1-26(2)21(23(37)35(26)45-47(40,41)42)31-22(36)20(18-13-46-25(29)30-18)32-44-19(24(38)39)12-43-15-5-6-16(17(27)9-15)14-10-33(3)34(11-14)8-4-7-28/h5-6,9-11,13,19,21H,4,7-8,12,28H2,1-3H3,(H4-,29,30,31,36,38,39,40,41,42)/p+1/b32-20-/t19-,21?/m0/s1. The Balaban J connectivity index is 1.47. The van der Waals surface area contributed by atoms with Crippen LogP contribution >= 0.6 is 22.9 Å². The van der Waals surface area contributed by atoms with Gasteiger partial charge in [-0.25, -0.2) is 9.78 Å². The molecule has 18 nitrogen and oxygen atoms in total. The number of ether oxygens (including phenoxy) is 1. The molecule has 1 saturated heterocycles. The van der Waals surface area contributed by atoms with Gasteiger partial charge in [0.15, 0.2) is 17.9 Å². The number of hydrogen-bond acceptors (Lipinski definition) is 13. The molecule has 1 fully saturated rings. The van der Waals surface area contributed by atoms with Crippen molar-refractivity contribution < 1.29 is 51.0 Å². The molecule has 0 saturated carbocycles. The number of hydroxylamine groups is 2. The number of anilines is 1. The van der Waals surface area contributed by atoms with E-state index in [1.54, 1.807) is 12.1 Å². The van der Waals surface area contributed by atoms with Crippen molar-refractivity contribution in [2.75, 3.05) is 18.9 Å². The van der Waals surface area contributed by atoms with E-state index in [1.165, 1.54) is 25.3 Å². The highest BCUT2D eigenvalue weighted by Crippen LogP contribution is 2.33. The zero-order chi connectivity index (χ0) is 34.7. The molecule has 2 aromatic heterocycles. The average Bonchev–Trinajstić information content (AvgIpc) is 3.58. The fraction of sp³-hybridized carbons (Fsp3) is 0.385. The Labute approximate surface area is 277 Å². The number of aliphatic carboxylic acids is 1. The molecule has 0 bridgehead atoms. The van der Waals surface area contributed by atoms with E-state index in [4.69, 9.17) is 37.2 Å². The summed E-state index contributed by atoms with van der Waals surface area (Å²) in [6, 6.07) is 3.50. The number of hydrogen-bond donors (Lipinski definition) is 5. The Hall–Kier alpha value is -4.34. The van der Waals surface area contributed by atoms with Crippen LogP contribution in [-0.2, 0) is 47.5 Å². The normalized spacial score (nSPS) is 16.8. The van der Waals surface area contributed by atoms with Gasteiger partial charge in [0.2, 0.25) is 6.20 Å². The second-order valence-electron chi connectivity index (χ2n) is 10.7. The van der Waals surface area contributed by atoms with Crippen LogP contribution in [0.1, 0.15) is 26.0 Å². The van der Waals surface area contributed by atoms with E-state index in [2.05, 4.69) is 19.7 Å². The van der Waals surface area contributed by atoms with Gasteiger partial charge >= 0.3 is 16.4 Å². The highest BCUT2D eigenvalue weighted by atomic mass is 35.5. The molecular formula is C26H32ClN8O10S2+. The number of carbonyl (C=O) groups excluding carboxylic acids is 2. The first-order valence-electron chi connectivity index (χ1n) is 13.7. The smallest absolute Gasteiger partial charge is 0.418 e. The quantitative estimate of drug-likeness (QED) is 0.0461. The third kappa shape index (κ3) is 8.34. The van der Waals surface area contributed by atoms with Crippen LogP contribution in [0, 0.1) is 0 Å². The number of β-lactam (4-membered cyclic amide) rings is 1. The zero-order valence-electron chi connectivity index (χ0n) is 25.2. The summed E-state index contributed by atoms with van der Waals surface area (Å²) in [5.41, 5.74) is 10.8. The molecule has 0 aliphatic carbocycles. The molecule has 1 aliphatic heterocycles. The number of rotatable bonds is 15. The molecule has 1 unspecified atom stereocenters. The van der Waals surface area contributed by atoms with Crippen molar-refractivity contribution in [1.29, 1.82) is 0 Å². The van der Waals surface area contributed by atoms with E-state index in [9.17, 15) is 27.9 Å². The molecule has 0 radical (unpaired) electrons. The number of carbonyl (C=O) groups is 3. The van der Waals surface area contributed by atoms with Crippen LogP contribution in [0.25, 0.3) is 11.1 Å². The van der Waals surface area contributed by atoms with Gasteiger partial charge in [-0.15, -0.1) is 20.3 Å². The predicted octanol–water partition coefficient (Wildman–Crippen LogP) is 0.113. The minimum Gasteiger partial charge on any atom is -0.489 e. The van der Waals surface area contributed by atoms with Gasteiger partial charge in [0.1, 0.15) is 24.1 Å². The average molecular weight is 716 g/mol. The van der Waals surface area contributed by atoms with Crippen molar-refractivity contribution in [1.82, 2.24) is 20.0 Å². The number of oxime groups is 1. The van der Waals surface area contributed by atoms with Gasteiger partial charge in [-0.2, -0.15) is 18.2 Å². The van der Waals surface area contributed by atoms with E-state index in [0.717, 1.165) is 35.4 Å². The molecule has 2 amide bonds. The molecule has 21 heteroatoms. The summed E-state index contributed by atoms with van der Waals surface area (Å²) in [4.78, 5) is 46.9. The van der Waals surface area contributed by atoms with Crippen molar-refractivity contribution >= 4 is 62.0 Å². The van der Waals surface area contributed by atoms with Crippen molar-refractivity contribution in [3.8, 4) is 16.9 Å². The van der Waals surface area contributed by atoms with Crippen LogP contribution in [0.4, 0.5) is 5.13 Å². The number of carboxylic acid groups (broad SMARTS) is 1. The van der Waals surface area contributed by atoms with E-state index in [-0.39, 0.29) is 16.6 Å². The van der Waals surface area contributed by atoms with Crippen molar-refractivity contribution in [3.63, 3.8) is 0 Å². The Bertz CT molecular complexity index is 1810. The fourth-order valence-corrected chi connectivity index (χ4v) is 5.73. The number of halogens is 1. The lowest BCUT2D eigenvalue weighted by Crippen LogP contribution is -2.76. The number of amides is 2. The van der Waals surface area contributed by atoms with Crippen molar-refractivity contribution in [2.24, 2.45) is 17.9 Å². The number of thiazole rings is 1. The number of benzene rings is 1. The van der Waals surface area contributed by atoms with Crippen LogP contribution in [0.2, 0.25) is 5.02 Å². The van der Waals surface area contributed by atoms with Crippen LogP contribution in [-0.4, -0.2) is 87.1 Å². The lowest BCUT2D eigenvalue weighted by Gasteiger charge is -2.50. The Morgan fingerprint density at radius 1 is 1.34 bits per heavy atom. The van der Waals surface area contributed by atoms with Crippen LogP contribution in [0.5, 0.6) is 5.75 Å². The van der Waals surface area contributed by atoms with Crippen LogP contribution in [0.3, 0.4) is 0 Å². The third-order valence-electron chi connectivity index (χ3n) is 6.91. The molecule has 47 heavy (non-hydrogen) atoms. The van der Waals surface area contributed by atoms with Crippen molar-refractivity contribution in [2.45, 2.75) is 44.5 Å². The van der Waals surface area contributed by atoms with Gasteiger partial charge in [-0.1, -0.05) is 16.8 Å². The first-order chi connectivity index (χ1) is 22.0. The summed E-state index contributed by atoms with van der Waals surface area (Å²) in [5.74, 6) is -3.28. The number of nitrogen functional groups attached to an aromatic ring is 1. The number of aryl methyl sites for hydroxylation is 2. The van der Waals surface area contributed by atoms with E-state index < -0.39 is 58.2 Å². The number of nitrogens with two attached hydrogens (primary N) is 2. The number of aromatic nitrogens is 3. The largest absolute Gasteiger partial charge is 0.489 e. The van der Waals surface area contributed by atoms with Gasteiger partial charge in [-0.3, -0.25) is 14.1 Å². The topological polar surface area (TPSA) is 255 Å². The SMILES string of the molecule is C[n+]1cc(-c2ccc(OC[C@H](O/N=C(\C(=O)NC3C(=O)N(OS(=O)(=O)O)C3(C)C)c3csc(N)n3)C(=O)O)cc2Cl)cn1CCCN. The molecule has 1 aromatic carbocycles. The summed E-state index contributed by atoms with van der Waals surface area (Å²) < 4.78 is 44.9. The summed E-state index contributed by atoms with van der Waals surface area (Å²) in [6.07, 6.45) is 2.91. The maximum Gasteiger partial charge on any atom is 0.418 e.